The molecule has 1 N–H and O–H groups in total. The van der Waals surface area contributed by atoms with E-state index < -0.39 is 10.0 Å². The van der Waals surface area contributed by atoms with E-state index in [4.69, 9.17) is 9.47 Å². The molecular weight excluding hydrogens is 404 g/mol. The Kier molecular flexibility index (Phi) is 7.33. The summed E-state index contributed by atoms with van der Waals surface area (Å²) >= 11 is 0. The number of nitrogens with zero attached hydrogens (tertiary/aromatic N) is 1. The Morgan fingerprint density at radius 3 is 2.37 bits per heavy atom. The van der Waals surface area contributed by atoms with Crippen LogP contribution < -0.4 is 14.8 Å². The third-order valence-corrected chi connectivity index (χ3v) is 7.18. The molecule has 0 spiro atoms. The van der Waals surface area contributed by atoms with Crippen molar-refractivity contribution in [2.45, 2.75) is 43.5 Å². The maximum absolute atomic E-state index is 13.0. The highest BCUT2D eigenvalue weighted by molar-refractivity contribution is 7.89. The minimum Gasteiger partial charge on any atom is -0.497 e. The molecule has 0 unspecified atom stereocenters. The first-order chi connectivity index (χ1) is 14.4. The lowest BCUT2D eigenvalue weighted by molar-refractivity contribution is -0.118. The molecule has 2 aromatic carbocycles. The minimum absolute atomic E-state index is 0.0539. The summed E-state index contributed by atoms with van der Waals surface area (Å²) in [7, 11) is -1.96. The highest BCUT2D eigenvalue weighted by atomic mass is 32.2. The van der Waals surface area contributed by atoms with Gasteiger partial charge in [0.25, 0.3) is 5.91 Å². The van der Waals surface area contributed by atoms with E-state index in [0.717, 1.165) is 25.7 Å². The van der Waals surface area contributed by atoms with Gasteiger partial charge in [0.15, 0.2) is 6.61 Å². The number of anilines is 1. The Hall–Kier alpha value is -2.58. The molecule has 1 aliphatic heterocycles. The van der Waals surface area contributed by atoms with E-state index >= 15 is 0 Å². The number of piperidine rings is 1. The van der Waals surface area contributed by atoms with Gasteiger partial charge in [0.2, 0.25) is 10.0 Å². The molecule has 0 saturated carbocycles. The van der Waals surface area contributed by atoms with Crippen molar-refractivity contribution in [1.82, 2.24) is 4.31 Å². The SMILES string of the molecule is CC[C@@H]1CCCCN1S(=O)(=O)c1ccc(NC(=O)COc2ccc(OC)cc2)cc1. The van der Waals surface area contributed by atoms with E-state index in [1.807, 2.05) is 6.92 Å². The van der Waals surface area contributed by atoms with E-state index in [2.05, 4.69) is 5.32 Å². The fraction of sp³-hybridized carbons (Fsp3) is 0.409. The molecule has 2 aromatic rings. The second-order valence-electron chi connectivity index (χ2n) is 7.21. The Morgan fingerprint density at radius 2 is 1.73 bits per heavy atom. The van der Waals surface area contributed by atoms with E-state index in [1.165, 1.54) is 12.1 Å². The summed E-state index contributed by atoms with van der Waals surface area (Å²) in [5.74, 6) is 0.930. The number of hydrogen-bond acceptors (Lipinski definition) is 5. The zero-order chi connectivity index (χ0) is 21.6. The van der Waals surface area contributed by atoms with Crippen molar-refractivity contribution < 1.29 is 22.7 Å². The number of methoxy groups -OCH3 is 1. The van der Waals surface area contributed by atoms with E-state index in [1.54, 1.807) is 47.8 Å². The predicted octanol–water partition coefficient (Wildman–Crippen LogP) is 3.67. The standard InChI is InChI=1S/C22H28N2O5S/c1-3-18-6-4-5-15-24(18)30(26,27)21-13-7-17(8-14-21)23-22(25)16-29-20-11-9-19(28-2)10-12-20/h7-14,18H,3-6,15-16H2,1-2H3,(H,23,25)/t18-/m1/s1. The maximum atomic E-state index is 13.0. The van der Waals surface area contributed by atoms with Crippen LogP contribution in [0, 0.1) is 0 Å². The largest absolute Gasteiger partial charge is 0.497 e. The summed E-state index contributed by atoms with van der Waals surface area (Å²) in [6, 6.07) is 13.3. The summed E-state index contributed by atoms with van der Waals surface area (Å²) in [4.78, 5) is 12.4. The first kappa shape index (κ1) is 22.1. The van der Waals surface area contributed by atoms with E-state index in [-0.39, 0.29) is 23.5 Å². The van der Waals surface area contributed by atoms with Crippen molar-refractivity contribution in [3.63, 3.8) is 0 Å². The Bertz CT molecular complexity index is 942. The van der Waals surface area contributed by atoms with Crippen LogP contribution in [0.15, 0.2) is 53.4 Å². The smallest absolute Gasteiger partial charge is 0.262 e. The van der Waals surface area contributed by atoms with Crippen molar-refractivity contribution in [2.24, 2.45) is 0 Å². The van der Waals surface area contributed by atoms with Crippen molar-refractivity contribution in [3.05, 3.63) is 48.5 Å². The molecule has 0 bridgehead atoms. The lowest BCUT2D eigenvalue weighted by atomic mass is 10.0. The second kappa shape index (κ2) is 9.95. The van der Waals surface area contributed by atoms with Gasteiger partial charge in [0.05, 0.1) is 12.0 Å². The molecule has 1 fully saturated rings. The van der Waals surface area contributed by atoms with Crippen LogP contribution in [0.3, 0.4) is 0 Å². The van der Waals surface area contributed by atoms with Crippen LogP contribution in [-0.4, -0.2) is 44.9 Å². The van der Waals surface area contributed by atoms with Crippen LogP contribution in [0.2, 0.25) is 0 Å². The van der Waals surface area contributed by atoms with Gasteiger partial charge in [-0.25, -0.2) is 8.42 Å². The van der Waals surface area contributed by atoms with Crippen LogP contribution in [0.4, 0.5) is 5.69 Å². The topological polar surface area (TPSA) is 84.9 Å². The number of sulfonamides is 1. The lowest BCUT2D eigenvalue weighted by Gasteiger charge is -2.34. The number of amides is 1. The van der Waals surface area contributed by atoms with Gasteiger partial charge < -0.3 is 14.8 Å². The van der Waals surface area contributed by atoms with Gasteiger partial charge in [-0.2, -0.15) is 4.31 Å². The molecule has 1 atom stereocenters. The fourth-order valence-corrected chi connectivity index (χ4v) is 5.33. The van der Waals surface area contributed by atoms with Gasteiger partial charge in [-0.1, -0.05) is 13.3 Å². The lowest BCUT2D eigenvalue weighted by Crippen LogP contribution is -2.43. The number of ether oxygens (including phenoxy) is 2. The monoisotopic (exact) mass is 432 g/mol. The van der Waals surface area contributed by atoms with Gasteiger partial charge in [-0.15, -0.1) is 0 Å². The number of hydrogen-bond donors (Lipinski definition) is 1. The van der Waals surface area contributed by atoms with Crippen LogP contribution >= 0.6 is 0 Å². The molecule has 162 valence electrons. The average Bonchev–Trinajstić information content (AvgIpc) is 2.78. The van der Waals surface area contributed by atoms with E-state index in [0.29, 0.717) is 23.7 Å². The molecule has 0 aromatic heterocycles. The van der Waals surface area contributed by atoms with Crippen LogP contribution in [0.1, 0.15) is 32.6 Å². The van der Waals surface area contributed by atoms with Crippen LogP contribution in [0.5, 0.6) is 11.5 Å². The van der Waals surface area contributed by atoms with Crippen molar-refractivity contribution in [1.29, 1.82) is 0 Å². The zero-order valence-electron chi connectivity index (χ0n) is 17.3. The molecule has 1 saturated heterocycles. The van der Waals surface area contributed by atoms with Crippen molar-refractivity contribution >= 4 is 21.6 Å². The van der Waals surface area contributed by atoms with Crippen LogP contribution in [-0.2, 0) is 14.8 Å². The zero-order valence-corrected chi connectivity index (χ0v) is 18.2. The number of benzene rings is 2. The second-order valence-corrected chi connectivity index (χ2v) is 9.10. The van der Waals surface area contributed by atoms with Gasteiger partial charge in [0.1, 0.15) is 11.5 Å². The molecule has 0 aliphatic carbocycles. The van der Waals surface area contributed by atoms with Gasteiger partial charge in [-0.3, -0.25) is 4.79 Å². The highest BCUT2D eigenvalue weighted by Crippen LogP contribution is 2.27. The Labute approximate surface area is 178 Å². The molecule has 30 heavy (non-hydrogen) atoms. The summed E-state index contributed by atoms with van der Waals surface area (Å²) < 4.78 is 38.2. The first-order valence-corrected chi connectivity index (χ1v) is 11.6. The molecule has 0 radical (unpaired) electrons. The molecule has 1 amide bonds. The fourth-order valence-electron chi connectivity index (χ4n) is 3.56. The average molecular weight is 433 g/mol. The van der Waals surface area contributed by atoms with Gasteiger partial charge >= 0.3 is 0 Å². The maximum Gasteiger partial charge on any atom is 0.262 e. The normalized spacial score (nSPS) is 17.3. The van der Waals surface area contributed by atoms with Crippen molar-refractivity contribution in [3.8, 4) is 11.5 Å². The van der Waals surface area contributed by atoms with Gasteiger partial charge in [-0.05, 0) is 67.8 Å². The van der Waals surface area contributed by atoms with E-state index in [9.17, 15) is 13.2 Å². The molecule has 7 nitrogen and oxygen atoms in total. The molecule has 3 rings (SSSR count). The molecular formula is C22H28N2O5S. The summed E-state index contributed by atoms with van der Waals surface area (Å²) in [5.41, 5.74) is 0.517. The summed E-state index contributed by atoms with van der Waals surface area (Å²) in [5, 5.41) is 2.72. The van der Waals surface area contributed by atoms with Gasteiger partial charge in [0, 0.05) is 18.3 Å². The first-order valence-electron chi connectivity index (χ1n) is 10.1. The number of rotatable bonds is 8. The summed E-state index contributed by atoms with van der Waals surface area (Å²) in [6.45, 7) is 2.42. The summed E-state index contributed by atoms with van der Waals surface area (Å²) in [6.07, 6.45) is 3.66. The Balaban J connectivity index is 1.58. The van der Waals surface area contributed by atoms with Crippen LogP contribution in [0.25, 0.3) is 0 Å². The quantitative estimate of drug-likeness (QED) is 0.688. The van der Waals surface area contributed by atoms with Crippen molar-refractivity contribution in [2.75, 3.05) is 25.6 Å². The number of carbonyl (C=O) groups excluding carboxylic acids is 1. The Morgan fingerprint density at radius 1 is 1.07 bits per heavy atom. The predicted molar refractivity (Wildman–Crippen MR) is 115 cm³/mol. The minimum atomic E-state index is -3.53. The number of carbonyl (C=O) groups is 1. The highest BCUT2D eigenvalue weighted by Gasteiger charge is 2.32. The molecule has 1 heterocycles. The molecule has 8 heteroatoms. The number of nitrogens with one attached hydrogen (secondary N) is 1. The third-order valence-electron chi connectivity index (χ3n) is 5.22. The third kappa shape index (κ3) is 5.31. The molecule has 1 aliphatic rings.